The molecule has 0 aliphatic rings. The van der Waals surface area contributed by atoms with E-state index in [1.54, 1.807) is 0 Å². The lowest BCUT2D eigenvalue weighted by Crippen LogP contribution is -2.37. The predicted molar refractivity (Wildman–Crippen MR) is 89.2 cm³/mol. The summed E-state index contributed by atoms with van der Waals surface area (Å²) in [5, 5.41) is 2.69. The van der Waals surface area contributed by atoms with Gasteiger partial charge in [0, 0.05) is 12.1 Å². The smallest absolute Gasteiger partial charge is 0.00412 e. The largest absolute Gasteiger partial charge is 0.299 e. The second-order valence-electron chi connectivity index (χ2n) is 6.21. The fourth-order valence-corrected chi connectivity index (χ4v) is 2.97. The summed E-state index contributed by atoms with van der Waals surface area (Å²) >= 11 is 0. The van der Waals surface area contributed by atoms with Crippen molar-refractivity contribution in [3.8, 4) is 0 Å². The third-order valence-electron chi connectivity index (χ3n) is 4.02. The molecule has 0 aromatic heterocycles. The van der Waals surface area contributed by atoms with Crippen LogP contribution >= 0.6 is 0 Å². The third kappa shape index (κ3) is 3.83. The minimum Gasteiger partial charge on any atom is -0.299 e. The highest BCUT2D eigenvalue weighted by Gasteiger charge is 2.12. The molecule has 0 fully saturated rings. The molecule has 0 spiro atoms. The van der Waals surface area contributed by atoms with Gasteiger partial charge in [0.2, 0.25) is 0 Å². The van der Waals surface area contributed by atoms with Gasteiger partial charge >= 0.3 is 0 Å². The molecule has 0 bridgehead atoms. The molecular formula is C19H27N. The highest BCUT2D eigenvalue weighted by molar-refractivity contribution is 5.82. The number of hydrogen-bond acceptors (Lipinski definition) is 1. The topological polar surface area (TPSA) is 3.24 Å². The Morgan fingerprint density at radius 3 is 2.15 bits per heavy atom. The summed E-state index contributed by atoms with van der Waals surface area (Å²) in [6.45, 7) is 10.3. The minimum atomic E-state index is 0.631. The van der Waals surface area contributed by atoms with Gasteiger partial charge in [-0.1, -0.05) is 42.5 Å². The number of fused-ring (bicyclic) bond motifs is 1. The predicted octanol–water partition coefficient (Wildman–Crippen LogP) is 4.89. The van der Waals surface area contributed by atoms with Crippen molar-refractivity contribution in [2.75, 3.05) is 6.54 Å². The van der Waals surface area contributed by atoms with E-state index in [1.165, 1.54) is 35.7 Å². The number of benzene rings is 2. The SMILES string of the molecule is CC(C)N(CCCc1ccc2ccccc2c1)C(C)C. The first-order valence-electron chi connectivity index (χ1n) is 7.81. The number of aryl methyl sites for hydroxylation is 1. The van der Waals surface area contributed by atoms with Crippen LogP contribution in [0.25, 0.3) is 10.8 Å². The fraction of sp³-hybridized carbons (Fsp3) is 0.474. The Balaban J connectivity index is 1.95. The van der Waals surface area contributed by atoms with Gasteiger partial charge < -0.3 is 0 Å². The maximum Gasteiger partial charge on any atom is 0.00412 e. The van der Waals surface area contributed by atoms with E-state index < -0.39 is 0 Å². The van der Waals surface area contributed by atoms with Crippen molar-refractivity contribution in [3.05, 3.63) is 48.0 Å². The summed E-state index contributed by atoms with van der Waals surface area (Å²) in [5.41, 5.74) is 1.45. The molecule has 0 N–H and O–H groups in total. The molecule has 0 aliphatic heterocycles. The summed E-state index contributed by atoms with van der Waals surface area (Å²) < 4.78 is 0. The minimum absolute atomic E-state index is 0.631. The van der Waals surface area contributed by atoms with Crippen molar-refractivity contribution >= 4 is 10.8 Å². The highest BCUT2D eigenvalue weighted by atomic mass is 15.2. The van der Waals surface area contributed by atoms with Gasteiger partial charge in [0.05, 0.1) is 0 Å². The van der Waals surface area contributed by atoms with Crippen molar-refractivity contribution < 1.29 is 0 Å². The molecule has 0 amide bonds. The van der Waals surface area contributed by atoms with Crippen LogP contribution in [0.1, 0.15) is 39.7 Å². The van der Waals surface area contributed by atoms with Gasteiger partial charge in [0.15, 0.2) is 0 Å². The van der Waals surface area contributed by atoms with E-state index in [0.717, 1.165) is 0 Å². The fourth-order valence-electron chi connectivity index (χ4n) is 2.97. The Kier molecular flexibility index (Phi) is 5.19. The zero-order valence-corrected chi connectivity index (χ0v) is 13.3. The Bertz CT molecular complexity index is 534. The van der Waals surface area contributed by atoms with Crippen LogP contribution < -0.4 is 0 Å². The van der Waals surface area contributed by atoms with Gasteiger partial charge in [-0.2, -0.15) is 0 Å². The molecule has 1 nitrogen and oxygen atoms in total. The lowest BCUT2D eigenvalue weighted by Gasteiger charge is -2.30. The molecule has 0 aliphatic carbocycles. The van der Waals surface area contributed by atoms with E-state index in [1.807, 2.05) is 0 Å². The van der Waals surface area contributed by atoms with E-state index in [9.17, 15) is 0 Å². The molecule has 20 heavy (non-hydrogen) atoms. The van der Waals surface area contributed by atoms with Crippen LogP contribution in [0.2, 0.25) is 0 Å². The average Bonchev–Trinajstić information content (AvgIpc) is 2.42. The third-order valence-corrected chi connectivity index (χ3v) is 4.02. The Morgan fingerprint density at radius 1 is 0.850 bits per heavy atom. The summed E-state index contributed by atoms with van der Waals surface area (Å²) in [5.74, 6) is 0. The summed E-state index contributed by atoms with van der Waals surface area (Å²) in [6.07, 6.45) is 2.40. The molecule has 1 heteroatoms. The van der Waals surface area contributed by atoms with Crippen molar-refractivity contribution in [1.82, 2.24) is 4.90 Å². The summed E-state index contributed by atoms with van der Waals surface area (Å²) in [4.78, 5) is 2.57. The first-order chi connectivity index (χ1) is 9.58. The maximum absolute atomic E-state index is 2.57. The monoisotopic (exact) mass is 269 g/mol. The van der Waals surface area contributed by atoms with Gasteiger partial charge in [-0.15, -0.1) is 0 Å². The zero-order valence-electron chi connectivity index (χ0n) is 13.3. The van der Waals surface area contributed by atoms with Crippen LogP contribution in [0.15, 0.2) is 42.5 Å². The summed E-state index contributed by atoms with van der Waals surface area (Å²) in [7, 11) is 0. The van der Waals surface area contributed by atoms with E-state index >= 15 is 0 Å². The van der Waals surface area contributed by atoms with Gasteiger partial charge in [0.25, 0.3) is 0 Å². The van der Waals surface area contributed by atoms with Crippen LogP contribution in [-0.4, -0.2) is 23.5 Å². The summed E-state index contributed by atoms with van der Waals surface area (Å²) in [6, 6.07) is 16.7. The molecule has 2 rings (SSSR count). The zero-order chi connectivity index (χ0) is 14.5. The average molecular weight is 269 g/mol. The first-order valence-corrected chi connectivity index (χ1v) is 7.81. The van der Waals surface area contributed by atoms with Gasteiger partial charge in [-0.25, -0.2) is 0 Å². The van der Waals surface area contributed by atoms with Crippen LogP contribution in [0.4, 0.5) is 0 Å². The number of hydrogen-bond donors (Lipinski definition) is 0. The molecule has 0 atom stereocenters. The van der Waals surface area contributed by atoms with Crippen LogP contribution in [0.5, 0.6) is 0 Å². The second-order valence-corrected chi connectivity index (χ2v) is 6.21. The van der Waals surface area contributed by atoms with E-state index in [0.29, 0.717) is 12.1 Å². The Hall–Kier alpha value is -1.34. The van der Waals surface area contributed by atoms with E-state index in [4.69, 9.17) is 0 Å². The molecule has 0 unspecified atom stereocenters. The molecule has 0 radical (unpaired) electrons. The molecule has 2 aromatic carbocycles. The lowest BCUT2D eigenvalue weighted by molar-refractivity contribution is 0.173. The van der Waals surface area contributed by atoms with Gasteiger partial charge in [-0.05, 0) is 63.4 Å². The molecular weight excluding hydrogens is 242 g/mol. The quantitative estimate of drug-likeness (QED) is 0.721. The number of rotatable bonds is 6. The van der Waals surface area contributed by atoms with Crippen molar-refractivity contribution in [1.29, 1.82) is 0 Å². The van der Waals surface area contributed by atoms with Gasteiger partial charge in [0.1, 0.15) is 0 Å². The standard InChI is InChI=1S/C19H27N/c1-15(2)20(16(3)4)13-7-8-17-11-12-18-9-5-6-10-19(18)14-17/h5-6,9-12,14-16H,7-8,13H2,1-4H3. The van der Waals surface area contributed by atoms with E-state index in [-0.39, 0.29) is 0 Å². The molecule has 0 saturated carbocycles. The Labute approximate surface area is 123 Å². The molecule has 0 heterocycles. The van der Waals surface area contributed by atoms with Crippen LogP contribution in [-0.2, 0) is 6.42 Å². The maximum atomic E-state index is 2.57. The molecule has 2 aromatic rings. The lowest BCUT2D eigenvalue weighted by atomic mass is 10.0. The normalized spacial score (nSPS) is 11.9. The highest BCUT2D eigenvalue weighted by Crippen LogP contribution is 2.17. The number of nitrogens with zero attached hydrogens (tertiary/aromatic N) is 1. The molecule has 108 valence electrons. The molecule has 0 saturated heterocycles. The Morgan fingerprint density at radius 2 is 1.50 bits per heavy atom. The first kappa shape index (κ1) is 15.1. The van der Waals surface area contributed by atoms with Crippen LogP contribution in [0, 0.1) is 0 Å². The van der Waals surface area contributed by atoms with Crippen LogP contribution in [0.3, 0.4) is 0 Å². The van der Waals surface area contributed by atoms with Crippen molar-refractivity contribution in [2.45, 2.75) is 52.6 Å². The van der Waals surface area contributed by atoms with E-state index in [2.05, 4.69) is 75.1 Å². The second kappa shape index (κ2) is 6.90. The van der Waals surface area contributed by atoms with Crippen molar-refractivity contribution in [2.24, 2.45) is 0 Å². The van der Waals surface area contributed by atoms with Crippen molar-refractivity contribution in [3.63, 3.8) is 0 Å². The van der Waals surface area contributed by atoms with Gasteiger partial charge in [-0.3, -0.25) is 4.90 Å².